The maximum atomic E-state index is 5.33. The highest BCUT2D eigenvalue weighted by molar-refractivity contribution is 7.26. The van der Waals surface area contributed by atoms with Crippen molar-refractivity contribution in [1.82, 2.24) is 4.98 Å². The minimum absolute atomic E-state index is 0.0362. The van der Waals surface area contributed by atoms with E-state index >= 15 is 0 Å². The molecule has 0 aliphatic carbocycles. The number of fused-ring (bicyclic) bond motifs is 6. The minimum atomic E-state index is 0.0362. The third kappa shape index (κ3) is 3.32. The third-order valence-corrected chi connectivity index (χ3v) is 8.14. The summed E-state index contributed by atoms with van der Waals surface area (Å²) in [6.45, 7) is 11.4. The van der Waals surface area contributed by atoms with Gasteiger partial charge in [0.05, 0.1) is 11.2 Å². The Morgan fingerprint density at radius 2 is 1.50 bits per heavy atom. The summed E-state index contributed by atoms with van der Waals surface area (Å²) >= 11 is 1.89. The molecule has 34 heavy (non-hydrogen) atoms. The van der Waals surface area contributed by atoms with Crippen molar-refractivity contribution < 1.29 is 0 Å². The van der Waals surface area contributed by atoms with Gasteiger partial charge in [0.15, 0.2) is 0 Å². The van der Waals surface area contributed by atoms with Crippen LogP contribution in [0.25, 0.3) is 53.1 Å². The summed E-state index contributed by atoms with van der Waals surface area (Å²) in [5, 5.41) is 6.45. The van der Waals surface area contributed by atoms with E-state index in [2.05, 4.69) is 113 Å². The van der Waals surface area contributed by atoms with E-state index in [-0.39, 0.29) is 5.41 Å². The topological polar surface area (TPSA) is 12.9 Å². The zero-order chi connectivity index (χ0) is 23.6. The molecule has 0 atom stereocenters. The number of nitrogens with zero attached hydrogens (tertiary/aromatic N) is 1. The number of hydrogen-bond acceptors (Lipinski definition) is 2. The van der Waals surface area contributed by atoms with Gasteiger partial charge in [-0.3, -0.25) is 0 Å². The van der Waals surface area contributed by atoms with Crippen molar-refractivity contribution >= 4 is 53.2 Å². The molecule has 0 amide bonds. The molecule has 0 saturated heterocycles. The summed E-state index contributed by atoms with van der Waals surface area (Å²) in [5.74, 6) is 0.489. The number of hydrogen-bond donors (Lipinski definition) is 0. The molecule has 0 fully saturated rings. The first kappa shape index (κ1) is 21.3. The van der Waals surface area contributed by atoms with Crippen molar-refractivity contribution in [2.24, 2.45) is 0 Å². The lowest BCUT2D eigenvalue weighted by Gasteiger charge is -2.23. The molecule has 6 rings (SSSR count). The number of benzene rings is 4. The van der Waals surface area contributed by atoms with E-state index in [0.717, 1.165) is 11.2 Å². The fourth-order valence-corrected chi connectivity index (χ4v) is 6.34. The van der Waals surface area contributed by atoms with Gasteiger partial charge >= 0.3 is 0 Å². The highest BCUT2D eigenvalue weighted by Crippen LogP contribution is 2.44. The zero-order valence-electron chi connectivity index (χ0n) is 20.4. The van der Waals surface area contributed by atoms with E-state index in [1.54, 1.807) is 0 Å². The molecular formula is C32H29NS. The van der Waals surface area contributed by atoms with Crippen LogP contribution >= 0.6 is 11.3 Å². The normalized spacial score (nSPS) is 12.5. The van der Waals surface area contributed by atoms with E-state index in [1.807, 2.05) is 11.3 Å². The predicted octanol–water partition coefficient (Wildman–Crippen LogP) is 9.84. The summed E-state index contributed by atoms with van der Waals surface area (Å²) < 4.78 is 2.66. The quantitative estimate of drug-likeness (QED) is 0.251. The number of aromatic nitrogens is 1. The van der Waals surface area contributed by atoms with Crippen LogP contribution in [-0.4, -0.2) is 4.98 Å². The van der Waals surface area contributed by atoms with Crippen molar-refractivity contribution in [3.8, 4) is 11.3 Å². The maximum Gasteiger partial charge on any atom is 0.0803 e. The number of rotatable bonds is 2. The molecule has 1 nitrogen and oxygen atoms in total. The van der Waals surface area contributed by atoms with Gasteiger partial charge in [-0.25, -0.2) is 4.98 Å². The summed E-state index contributed by atoms with van der Waals surface area (Å²) in [6, 6.07) is 29.0. The molecule has 2 aromatic heterocycles. The molecule has 0 aliphatic rings. The second-order valence-corrected chi connectivity index (χ2v) is 11.7. The SMILES string of the molecule is CC(C)c1ccc2nc(-c3cc(C(C)(C)C)c4ccccc4c3)c3c4ccccc4sc3c2c1. The molecule has 0 N–H and O–H groups in total. The van der Waals surface area contributed by atoms with E-state index in [9.17, 15) is 0 Å². The van der Waals surface area contributed by atoms with Crippen LogP contribution in [0.4, 0.5) is 0 Å². The highest BCUT2D eigenvalue weighted by Gasteiger charge is 2.21. The Hall–Kier alpha value is -3.23. The molecule has 6 aromatic rings. The van der Waals surface area contributed by atoms with Crippen molar-refractivity contribution in [1.29, 1.82) is 0 Å². The zero-order valence-corrected chi connectivity index (χ0v) is 21.3. The minimum Gasteiger partial charge on any atom is -0.247 e. The average molecular weight is 460 g/mol. The molecule has 4 aromatic carbocycles. The van der Waals surface area contributed by atoms with Crippen molar-refractivity contribution in [2.75, 3.05) is 0 Å². The van der Waals surface area contributed by atoms with Crippen LogP contribution in [0, 0.1) is 0 Å². The molecule has 0 radical (unpaired) electrons. The lowest BCUT2D eigenvalue weighted by atomic mass is 9.82. The fourth-order valence-electron chi connectivity index (χ4n) is 5.12. The van der Waals surface area contributed by atoms with E-state index < -0.39 is 0 Å². The molecule has 0 saturated carbocycles. The van der Waals surface area contributed by atoms with Crippen molar-refractivity contribution in [3.63, 3.8) is 0 Å². The average Bonchev–Trinajstić information content (AvgIpc) is 3.22. The van der Waals surface area contributed by atoms with Crippen molar-refractivity contribution in [3.05, 3.63) is 90.0 Å². The molecule has 2 heterocycles. The summed E-state index contributed by atoms with van der Waals surface area (Å²) in [6.07, 6.45) is 0. The maximum absolute atomic E-state index is 5.33. The first-order valence-electron chi connectivity index (χ1n) is 12.1. The van der Waals surface area contributed by atoms with Crippen LogP contribution in [0.15, 0.2) is 78.9 Å². The van der Waals surface area contributed by atoms with Gasteiger partial charge in [0.1, 0.15) is 0 Å². The van der Waals surface area contributed by atoms with Gasteiger partial charge in [-0.15, -0.1) is 11.3 Å². The largest absolute Gasteiger partial charge is 0.247 e. The van der Waals surface area contributed by atoms with E-state index in [4.69, 9.17) is 4.98 Å². The smallest absolute Gasteiger partial charge is 0.0803 e. The first-order valence-corrected chi connectivity index (χ1v) is 12.9. The monoisotopic (exact) mass is 459 g/mol. The molecule has 2 heteroatoms. The fraction of sp³-hybridized carbons (Fsp3) is 0.219. The Morgan fingerprint density at radius 3 is 2.26 bits per heavy atom. The van der Waals surface area contributed by atoms with Gasteiger partial charge in [-0.05, 0) is 63.6 Å². The van der Waals surface area contributed by atoms with Crippen LogP contribution < -0.4 is 0 Å². The molecule has 168 valence electrons. The van der Waals surface area contributed by atoms with E-state index in [0.29, 0.717) is 5.92 Å². The van der Waals surface area contributed by atoms with Crippen LogP contribution in [0.2, 0.25) is 0 Å². The Labute approximate surface area is 205 Å². The lowest BCUT2D eigenvalue weighted by Crippen LogP contribution is -2.12. The number of thiophene rings is 1. The van der Waals surface area contributed by atoms with Crippen LogP contribution in [0.5, 0.6) is 0 Å². The summed E-state index contributed by atoms with van der Waals surface area (Å²) in [4.78, 5) is 5.33. The summed E-state index contributed by atoms with van der Waals surface area (Å²) in [7, 11) is 0. The number of pyridine rings is 1. The molecule has 0 aliphatic heterocycles. The Balaban J connectivity index is 1.77. The Morgan fingerprint density at radius 1 is 0.765 bits per heavy atom. The first-order chi connectivity index (χ1) is 16.3. The second kappa shape index (κ2) is 7.65. The van der Waals surface area contributed by atoms with Gasteiger partial charge < -0.3 is 0 Å². The van der Waals surface area contributed by atoms with Crippen LogP contribution in [0.3, 0.4) is 0 Å². The van der Waals surface area contributed by atoms with Gasteiger partial charge in [0.2, 0.25) is 0 Å². The molecular weight excluding hydrogens is 430 g/mol. The van der Waals surface area contributed by atoms with Gasteiger partial charge in [0, 0.05) is 31.1 Å². The van der Waals surface area contributed by atoms with Gasteiger partial charge in [0.25, 0.3) is 0 Å². The predicted molar refractivity (Wildman–Crippen MR) is 150 cm³/mol. The summed E-state index contributed by atoms with van der Waals surface area (Å²) in [5.41, 5.74) is 6.13. The second-order valence-electron chi connectivity index (χ2n) is 10.7. The highest BCUT2D eigenvalue weighted by atomic mass is 32.1. The lowest BCUT2D eigenvalue weighted by molar-refractivity contribution is 0.596. The molecule has 0 unspecified atom stereocenters. The van der Waals surface area contributed by atoms with Gasteiger partial charge in [-0.1, -0.05) is 83.1 Å². The van der Waals surface area contributed by atoms with Crippen LogP contribution in [-0.2, 0) is 5.41 Å². The van der Waals surface area contributed by atoms with Crippen molar-refractivity contribution in [2.45, 2.75) is 46.0 Å². The van der Waals surface area contributed by atoms with Gasteiger partial charge in [-0.2, -0.15) is 0 Å². The molecule has 0 bridgehead atoms. The Kier molecular flexibility index (Phi) is 4.79. The molecule has 0 spiro atoms. The standard InChI is InChI=1S/C32H29NS/c1-19(2)20-14-15-27-25(17-20)31-29(24-12-8-9-13-28(24)34-31)30(33-27)22-16-21-10-6-7-11-23(21)26(18-22)32(3,4)5/h6-19H,1-5H3. The van der Waals surface area contributed by atoms with E-state index in [1.165, 1.54) is 53.0 Å². The third-order valence-electron chi connectivity index (χ3n) is 6.94. The van der Waals surface area contributed by atoms with Crippen LogP contribution in [0.1, 0.15) is 51.7 Å². The Bertz CT molecular complexity index is 1710.